The molecule has 0 bridgehead atoms. The number of phenolic OH excluding ortho intramolecular Hbond substituents is 1. The Kier molecular flexibility index (Phi) is 6.79. The molecule has 1 aliphatic heterocycles. The first-order chi connectivity index (χ1) is 12.6. The SMILES string of the molecule is CCc1cccc(SCC(C)C[C@H]2CSc3ccccc3O[C@@H]2N)c1O. The lowest BCUT2D eigenvalue weighted by Gasteiger charge is -2.24. The second-order valence-corrected chi connectivity index (χ2v) is 8.99. The summed E-state index contributed by atoms with van der Waals surface area (Å²) in [6.45, 7) is 4.32. The van der Waals surface area contributed by atoms with Crippen molar-refractivity contribution >= 4 is 23.5 Å². The van der Waals surface area contributed by atoms with E-state index >= 15 is 0 Å². The summed E-state index contributed by atoms with van der Waals surface area (Å²) in [5.41, 5.74) is 7.34. The van der Waals surface area contributed by atoms with Crippen LogP contribution < -0.4 is 10.5 Å². The van der Waals surface area contributed by atoms with E-state index in [9.17, 15) is 5.11 Å². The van der Waals surface area contributed by atoms with Gasteiger partial charge in [-0.3, -0.25) is 5.73 Å². The van der Waals surface area contributed by atoms with Crippen molar-refractivity contribution in [1.29, 1.82) is 0 Å². The molecule has 3 nitrogen and oxygen atoms in total. The Bertz CT molecular complexity index is 738. The van der Waals surface area contributed by atoms with Gasteiger partial charge in [0.05, 0.1) is 0 Å². The van der Waals surface area contributed by atoms with Crippen LogP contribution in [0, 0.1) is 11.8 Å². The molecule has 0 aliphatic carbocycles. The van der Waals surface area contributed by atoms with E-state index in [1.54, 1.807) is 11.8 Å². The Balaban J connectivity index is 1.56. The van der Waals surface area contributed by atoms with E-state index < -0.39 is 0 Å². The molecule has 2 aromatic rings. The highest BCUT2D eigenvalue weighted by Crippen LogP contribution is 2.38. The number of hydrogen-bond acceptors (Lipinski definition) is 5. The van der Waals surface area contributed by atoms with Crippen LogP contribution in [0.3, 0.4) is 0 Å². The first kappa shape index (κ1) is 19.5. The number of fused-ring (bicyclic) bond motifs is 1. The van der Waals surface area contributed by atoms with Gasteiger partial charge in [-0.1, -0.05) is 38.1 Å². The maximum absolute atomic E-state index is 10.3. The summed E-state index contributed by atoms with van der Waals surface area (Å²) < 4.78 is 5.99. The van der Waals surface area contributed by atoms with E-state index in [0.29, 0.717) is 17.6 Å². The quantitative estimate of drug-likeness (QED) is 0.669. The van der Waals surface area contributed by atoms with Crippen LogP contribution in [-0.4, -0.2) is 22.8 Å². The van der Waals surface area contributed by atoms with Crippen LogP contribution in [0.5, 0.6) is 11.5 Å². The molecular formula is C21H27NO2S2. The molecule has 0 saturated carbocycles. The zero-order chi connectivity index (χ0) is 18.5. The van der Waals surface area contributed by atoms with Crippen molar-refractivity contribution in [1.82, 2.24) is 0 Å². The number of ether oxygens (including phenoxy) is 1. The van der Waals surface area contributed by atoms with Crippen molar-refractivity contribution in [2.45, 2.75) is 42.7 Å². The van der Waals surface area contributed by atoms with Gasteiger partial charge >= 0.3 is 0 Å². The summed E-state index contributed by atoms with van der Waals surface area (Å²) in [6.07, 6.45) is 1.60. The van der Waals surface area contributed by atoms with E-state index in [0.717, 1.165) is 40.6 Å². The Hall–Kier alpha value is -1.30. The monoisotopic (exact) mass is 389 g/mol. The van der Waals surface area contributed by atoms with E-state index in [-0.39, 0.29) is 6.23 Å². The third-order valence-corrected chi connectivity index (χ3v) is 7.34. The Morgan fingerprint density at radius 2 is 2.08 bits per heavy atom. The minimum absolute atomic E-state index is 0.268. The van der Waals surface area contributed by atoms with Gasteiger partial charge < -0.3 is 9.84 Å². The molecule has 0 amide bonds. The molecule has 140 valence electrons. The van der Waals surface area contributed by atoms with Crippen molar-refractivity contribution in [3.05, 3.63) is 48.0 Å². The Labute approximate surface area is 164 Å². The fraction of sp³-hybridized carbons (Fsp3) is 0.429. The van der Waals surface area contributed by atoms with E-state index in [2.05, 4.69) is 19.9 Å². The van der Waals surface area contributed by atoms with Crippen molar-refractivity contribution in [3.8, 4) is 11.5 Å². The number of benzene rings is 2. The lowest BCUT2D eigenvalue weighted by molar-refractivity contribution is 0.138. The number of phenols is 1. The number of hydrogen-bond donors (Lipinski definition) is 2. The van der Waals surface area contributed by atoms with Crippen LogP contribution in [0.15, 0.2) is 52.3 Å². The lowest BCUT2D eigenvalue weighted by atomic mass is 9.97. The lowest BCUT2D eigenvalue weighted by Crippen LogP contribution is -2.37. The predicted molar refractivity (Wildman–Crippen MR) is 111 cm³/mol. The molecule has 3 N–H and O–H groups in total. The minimum atomic E-state index is -0.268. The van der Waals surface area contributed by atoms with Crippen molar-refractivity contribution in [2.75, 3.05) is 11.5 Å². The third kappa shape index (κ3) is 4.70. The fourth-order valence-electron chi connectivity index (χ4n) is 3.19. The Morgan fingerprint density at radius 1 is 1.27 bits per heavy atom. The van der Waals surface area contributed by atoms with Crippen LogP contribution >= 0.6 is 23.5 Å². The zero-order valence-electron chi connectivity index (χ0n) is 15.4. The van der Waals surface area contributed by atoms with Crippen molar-refractivity contribution < 1.29 is 9.84 Å². The molecule has 0 radical (unpaired) electrons. The summed E-state index contributed by atoms with van der Waals surface area (Å²) in [6, 6.07) is 14.1. The van der Waals surface area contributed by atoms with Crippen molar-refractivity contribution in [3.63, 3.8) is 0 Å². The van der Waals surface area contributed by atoms with Gasteiger partial charge in [-0.25, -0.2) is 0 Å². The average Bonchev–Trinajstić information content (AvgIpc) is 2.80. The van der Waals surface area contributed by atoms with Gasteiger partial charge in [-0.05, 0) is 42.5 Å². The summed E-state index contributed by atoms with van der Waals surface area (Å²) in [7, 11) is 0. The van der Waals surface area contributed by atoms with E-state index in [1.165, 1.54) is 4.90 Å². The molecule has 26 heavy (non-hydrogen) atoms. The van der Waals surface area contributed by atoms with Crippen LogP contribution in [-0.2, 0) is 6.42 Å². The van der Waals surface area contributed by atoms with Gasteiger partial charge in [0.25, 0.3) is 0 Å². The summed E-state index contributed by atoms with van der Waals surface area (Å²) in [5, 5.41) is 10.3. The second kappa shape index (κ2) is 9.07. The maximum Gasteiger partial charge on any atom is 0.151 e. The predicted octanol–water partition coefficient (Wildman–Crippen LogP) is 5.16. The highest BCUT2D eigenvalue weighted by molar-refractivity contribution is 7.99. The topological polar surface area (TPSA) is 55.5 Å². The number of rotatable bonds is 6. The zero-order valence-corrected chi connectivity index (χ0v) is 17.0. The number of aromatic hydroxyl groups is 1. The molecule has 2 aromatic carbocycles. The molecule has 1 unspecified atom stereocenters. The van der Waals surface area contributed by atoms with Gasteiger partial charge in [0.1, 0.15) is 11.5 Å². The molecule has 0 saturated heterocycles. The molecule has 1 heterocycles. The maximum atomic E-state index is 10.3. The molecule has 0 fully saturated rings. The van der Waals surface area contributed by atoms with Gasteiger partial charge in [-0.2, -0.15) is 0 Å². The highest BCUT2D eigenvalue weighted by atomic mass is 32.2. The van der Waals surface area contributed by atoms with Crippen LogP contribution in [0.2, 0.25) is 0 Å². The van der Waals surface area contributed by atoms with Gasteiger partial charge in [0.15, 0.2) is 6.23 Å². The molecule has 0 spiro atoms. The minimum Gasteiger partial charge on any atom is -0.506 e. The second-order valence-electron chi connectivity index (χ2n) is 6.87. The molecule has 0 aromatic heterocycles. The largest absolute Gasteiger partial charge is 0.506 e. The van der Waals surface area contributed by atoms with Crippen LogP contribution in [0.1, 0.15) is 25.8 Å². The van der Waals surface area contributed by atoms with Gasteiger partial charge in [-0.15, -0.1) is 23.5 Å². The molecule has 1 aliphatic rings. The van der Waals surface area contributed by atoms with Crippen LogP contribution in [0.25, 0.3) is 0 Å². The number of nitrogens with two attached hydrogens (primary N) is 1. The standard InChI is InChI=1S/C21H27NO2S2/c1-3-15-7-6-10-19(20(15)23)25-12-14(2)11-16-13-26-18-9-5-4-8-17(18)24-21(16)22/h4-10,14,16,21,23H,3,11-13,22H2,1-2H3/t14?,16-,21-/m0/s1. The first-order valence-electron chi connectivity index (χ1n) is 9.16. The summed E-state index contributed by atoms with van der Waals surface area (Å²) in [5.74, 6) is 4.08. The smallest absolute Gasteiger partial charge is 0.151 e. The molecule has 5 heteroatoms. The number of aryl methyl sites for hydroxylation is 1. The molecular weight excluding hydrogens is 362 g/mol. The Morgan fingerprint density at radius 3 is 2.88 bits per heavy atom. The van der Waals surface area contributed by atoms with Crippen molar-refractivity contribution in [2.24, 2.45) is 17.6 Å². The van der Waals surface area contributed by atoms with Gasteiger partial charge in [0, 0.05) is 27.2 Å². The fourth-order valence-corrected chi connectivity index (χ4v) is 5.39. The number of para-hydroxylation sites is 2. The summed E-state index contributed by atoms with van der Waals surface area (Å²) >= 11 is 3.56. The third-order valence-electron chi connectivity index (χ3n) is 4.72. The number of thioether (sulfide) groups is 2. The van der Waals surface area contributed by atoms with E-state index in [1.807, 2.05) is 48.2 Å². The molecule has 3 atom stereocenters. The van der Waals surface area contributed by atoms with Gasteiger partial charge in [0.2, 0.25) is 0 Å². The normalized spacial score (nSPS) is 20.7. The molecule has 3 rings (SSSR count). The average molecular weight is 390 g/mol. The van der Waals surface area contributed by atoms with Crippen LogP contribution in [0.4, 0.5) is 0 Å². The summed E-state index contributed by atoms with van der Waals surface area (Å²) in [4.78, 5) is 2.15. The van der Waals surface area contributed by atoms with E-state index in [4.69, 9.17) is 10.5 Å². The highest BCUT2D eigenvalue weighted by Gasteiger charge is 2.26. The first-order valence-corrected chi connectivity index (χ1v) is 11.1.